The van der Waals surface area contributed by atoms with E-state index in [1.807, 2.05) is 19.0 Å². The minimum atomic E-state index is -0.557. The number of ether oxygens (including phenoxy) is 2. The van der Waals surface area contributed by atoms with Crippen LogP contribution in [0.15, 0.2) is 36.4 Å². The number of anilines is 1. The van der Waals surface area contributed by atoms with E-state index in [1.165, 1.54) is 28.4 Å². The normalized spacial score (nSPS) is 11.1. The van der Waals surface area contributed by atoms with Gasteiger partial charge >= 0.3 is 0 Å². The zero-order chi connectivity index (χ0) is 20.3. The summed E-state index contributed by atoms with van der Waals surface area (Å²) in [6.07, 6.45) is 0. The lowest BCUT2D eigenvalue weighted by Crippen LogP contribution is -2.37. The molecule has 0 saturated heterocycles. The standard InChI is InChI=1S/C20H22FN3O3S/c1-23(2)11-12-24(19(25)13-7-5-6-8-14(13)21)20-22-17-15(26-3)9-10-16(27-4)18(17)28-20/h5-10H,11-12H2,1-4H3. The van der Waals surface area contributed by atoms with E-state index < -0.39 is 11.7 Å². The van der Waals surface area contributed by atoms with Crippen LogP contribution in [0.25, 0.3) is 10.2 Å². The van der Waals surface area contributed by atoms with Crippen molar-refractivity contribution in [3.8, 4) is 11.5 Å². The number of methoxy groups -OCH3 is 2. The molecule has 0 N–H and O–H groups in total. The van der Waals surface area contributed by atoms with Crippen molar-refractivity contribution in [3.63, 3.8) is 0 Å². The monoisotopic (exact) mass is 403 g/mol. The number of fused-ring (bicyclic) bond motifs is 1. The van der Waals surface area contributed by atoms with Gasteiger partial charge in [-0.2, -0.15) is 0 Å². The molecule has 0 aliphatic carbocycles. The summed E-state index contributed by atoms with van der Waals surface area (Å²) < 4.78 is 25.8. The summed E-state index contributed by atoms with van der Waals surface area (Å²) in [4.78, 5) is 21.2. The number of aromatic nitrogens is 1. The van der Waals surface area contributed by atoms with Crippen LogP contribution in [0.4, 0.5) is 9.52 Å². The number of carbonyl (C=O) groups excluding carboxylic acids is 1. The second-order valence-electron chi connectivity index (χ2n) is 6.38. The lowest BCUT2D eigenvalue weighted by atomic mass is 10.2. The average Bonchev–Trinajstić information content (AvgIpc) is 3.12. The molecule has 0 aliphatic heterocycles. The van der Waals surface area contributed by atoms with E-state index in [0.29, 0.717) is 35.2 Å². The molecule has 148 valence electrons. The second kappa shape index (κ2) is 8.53. The molecule has 0 spiro atoms. The van der Waals surface area contributed by atoms with Crippen LogP contribution in [-0.2, 0) is 0 Å². The number of benzene rings is 2. The molecule has 2 aromatic carbocycles. The van der Waals surface area contributed by atoms with Crippen molar-refractivity contribution in [2.24, 2.45) is 0 Å². The fraction of sp³-hybridized carbons (Fsp3) is 0.300. The van der Waals surface area contributed by atoms with E-state index in [4.69, 9.17) is 9.47 Å². The maximum Gasteiger partial charge on any atom is 0.263 e. The van der Waals surface area contributed by atoms with E-state index in [1.54, 1.807) is 38.5 Å². The van der Waals surface area contributed by atoms with Crippen LogP contribution in [0.5, 0.6) is 11.5 Å². The molecule has 0 saturated carbocycles. The van der Waals surface area contributed by atoms with Gasteiger partial charge in [-0.15, -0.1) is 0 Å². The number of thiazole rings is 1. The van der Waals surface area contributed by atoms with Crippen LogP contribution in [0.2, 0.25) is 0 Å². The van der Waals surface area contributed by atoms with Crippen molar-refractivity contribution >= 4 is 32.6 Å². The molecule has 28 heavy (non-hydrogen) atoms. The summed E-state index contributed by atoms with van der Waals surface area (Å²) >= 11 is 1.31. The Kier molecular flexibility index (Phi) is 6.11. The zero-order valence-corrected chi connectivity index (χ0v) is 17.0. The Morgan fingerprint density at radius 1 is 1.07 bits per heavy atom. The fourth-order valence-corrected chi connectivity index (χ4v) is 3.85. The van der Waals surface area contributed by atoms with Gasteiger partial charge in [0.25, 0.3) is 5.91 Å². The van der Waals surface area contributed by atoms with Crippen molar-refractivity contribution in [3.05, 3.63) is 47.8 Å². The van der Waals surface area contributed by atoms with Gasteiger partial charge in [0, 0.05) is 13.1 Å². The number of hydrogen-bond acceptors (Lipinski definition) is 6. The number of halogens is 1. The Morgan fingerprint density at radius 3 is 2.39 bits per heavy atom. The Balaban J connectivity index is 2.10. The predicted octanol–water partition coefficient (Wildman–Crippen LogP) is 3.66. The molecule has 0 atom stereocenters. The van der Waals surface area contributed by atoms with Crippen LogP contribution in [0.1, 0.15) is 10.4 Å². The molecule has 0 fully saturated rings. The van der Waals surface area contributed by atoms with E-state index in [9.17, 15) is 9.18 Å². The highest BCUT2D eigenvalue weighted by atomic mass is 32.1. The summed E-state index contributed by atoms with van der Waals surface area (Å²) in [6.45, 7) is 0.967. The maximum absolute atomic E-state index is 14.2. The van der Waals surface area contributed by atoms with E-state index in [-0.39, 0.29) is 5.56 Å². The summed E-state index contributed by atoms with van der Waals surface area (Å²) in [6, 6.07) is 9.53. The fourth-order valence-electron chi connectivity index (χ4n) is 2.75. The van der Waals surface area contributed by atoms with Gasteiger partial charge in [-0.05, 0) is 38.4 Å². The zero-order valence-electron chi connectivity index (χ0n) is 16.2. The molecule has 0 bridgehead atoms. The molecule has 3 aromatic rings. The molecule has 0 aliphatic rings. The van der Waals surface area contributed by atoms with Gasteiger partial charge in [0.05, 0.1) is 19.8 Å². The minimum absolute atomic E-state index is 0.0134. The molecule has 0 unspecified atom stereocenters. The number of nitrogens with zero attached hydrogens (tertiary/aromatic N) is 3. The number of rotatable bonds is 7. The highest BCUT2D eigenvalue weighted by Crippen LogP contribution is 2.40. The quantitative estimate of drug-likeness (QED) is 0.603. The first-order valence-electron chi connectivity index (χ1n) is 8.69. The highest BCUT2D eigenvalue weighted by Gasteiger charge is 2.25. The first-order valence-corrected chi connectivity index (χ1v) is 9.50. The SMILES string of the molecule is COc1ccc(OC)c2sc(N(CCN(C)C)C(=O)c3ccccc3F)nc12. The van der Waals surface area contributed by atoms with E-state index in [0.717, 1.165) is 4.70 Å². The second-order valence-corrected chi connectivity index (χ2v) is 7.36. The van der Waals surface area contributed by atoms with Gasteiger partial charge in [-0.1, -0.05) is 23.5 Å². The van der Waals surface area contributed by atoms with Crippen molar-refractivity contribution in [2.75, 3.05) is 46.3 Å². The Hall–Kier alpha value is -2.71. The largest absolute Gasteiger partial charge is 0.495 e. The topological polar surface area (TPSA) is 54.9 Å². The van der Waals surface area contributed by atoms with E-state index >= 15 is 0 Å². The van der Waals surface area contributed by atoms with Gasteiger partial charge in [0.15, 0.2) is 5.13 Å². The van der Waals surface area contributed by atoms with Crippen molar-refractivity contribution in [1.82, 2.24) is 9.88 Å². The number of likely N-dealkylation sites (N-methyl/N-ethyl adjacent to an activating group) is 1. The maximum atomic E-state index is 14.2. The summed E-state index contributed by atoms with van der Waals surface area (Å²) in [5.74, 6) is 0.241. The van der Waals surface area contributed by atoms with Crippen LogP contribution in [0, 0.1) is 5.82 Å². The van der Waals surface area contributed by atoms with E-state index in [2.05, 4.69) is 4.98 Å². The van der Waals surface area contributed by atoms with Crippen LogP contribution >= 0.6 is 11.3 Å². The molecule has 1 heterocycles. The first-order chi connectivity index (χ1) is 13.5. The van der Waals surface area contributed by atoms with Gasteiger partial charge < -0.3 is 14.4 Å². The number of carbonyl (C=O) groups is 1. The lowest BCUT2D eigenvalue weighted by molar-refractivity contribution is 0.0981. The predicted molar refractivity (Wildman–Crippen MR) is 109 cm³/mol. The molecular formula is C20H22FN3O3S. The van der Waals surface area contributed by atoms with Crippen LogP contribution in [0.3, 0.4) is 0 Å². The van der Waals surface area contributed by atoms with Crippen molar-refractivity contribution < 1.29 is 18.7 Å². The smallest absolute Gasteiger partial charge is 0.263 e. The highest BCUT2D eigenvalue weighted by molar-refractivity contribution is 7.22. The molecule has 1 aromatic heterocycles. The van der Waals surface area contributed by atoms with Gasteiger partial charge in [-0.25, -0.2) is 9.37 Å². The third-order valence-corrected chi connectivity index (χ3v) is 5.34. The molecular weight excluding hydrogens is 381 g/mol. The summed E-state index contributed by atoms with van der Waals surface area (Å²) in [5, 5.41) is 0.466. The Labute approximate surface area is 167 Å². The van der Waals surface area contributed by atoms with Crippen molar-refractivity contribution in [1.29, 1.82) is 0 Å². The molecule has 8 heteroatoms. The van der Waals surface area contributed by atoms with Crippen LogP contribution in [-0.4, -0.2) is 57.2 Å². The molecule has 3 rings (SSSR count). The van der Waals surface area contributed by atoms with Crippen molar-refractivity contribution in [2.45, 2.75) is 0 Å². The number of hydrogen-bond donors (Lipinski definition) is 0. The van der Waals surface area contributed by atoms with Crippen LogP contribution < -0.4 is 14.4 Å². The Bertz CT molecular complexity index is 949. The number of amides is 1. The summed E-state index contributed by atoms with van der Waals surface area (Å²) in [5.41, 5.74) is 0.623. The third-order valence-electron chi connectivity index (χ3n) is 4.25. The average molecular weight is 403 g/mol. The Morgan fingerprint density at radius 2 is 1.75 bits per heavy atom. The molecule has 6 nitrogen and oxygen atoms in total. The third kappa shape index (κ3) is 3.93. The van der Waals surface area contributed by atoms with Gasteiger partial charge in [0.1, 0.15) is 27.5 Å². The first kappa shape index (κ1) is 20.0. The lowest BCUT2D eigenvalue weighted by Gasteiger charge is -2.22. The summed E-state index contributed by atoms with van der Waals surface area (Å²) in [7, 11) is 6.97. The minimum Gasteiger partial charge on any atom is -0.495 e. The molecule has 1 amide bonds. The van der Waals surface area contributed by atoms with Gasteiger partial charge in [0.2, 0.25) is 0 Å². The van der Waals surface area contributed by atoms with Gasteiger partial charge in [-0.3, -0.25) is 9.69 Å². The molecule has 0 radical (unpaired) electrons.